The molecule has 0 atom stereocenters. The second-order valence-electron chi connectivity index (χ2n) is 2.17. The highest BCUT2D eigenvalue weighted by Gasteiger charge is 2.21. The van der Waals surface area contributed by atoms with Crippen molar-refractivity contribution in [2.24, 2.45) is 0 Å². The van der Waals surface area contributed by atoms with Crippen molar-refractivity contribution in [2.45, 2.75) is 0 Å². The number of benzene rings is 1. The van der Waals surface area contributed by atoms with Gasteiger partial charge in [-0.15, -0.1) is 0 Å². The van der Waals surface area contributed by atoms with Crippen LogP contribution in [0.15, 0.2) is 16.6 Å². The third-order valence-electron chi connectivity index (χ3n) is 1.41. The van der Waals surface area contributed by atoms with Crippen LogP contribution in [0.1, 0.15) is 10.4 Å². The van der Waals surface area contributed by atoms with Crippen molar-refractivity contribution in [3.8, 4) is 0 Å². The van der Waals surface area contributed by atoms with Crippen LogP contribution >= 0.6 is 15.9 Å². The Labute approximate surface area is 80.6 Å². The van der Waals surface area contributed by atoms with E-state index in [1.165, 1.54) is 12.1 Å². The summed E-state index contributed by atoms with van der Waals surface area (Å²) in [5, 5.41) is 10.3. The smallest absolute Gasteiger partial charge is 0.298 e. The summed E-state index contributed by atoms with van der Waals surface area (Å²) < 4.78 is 13.1. The molecule has 0 aromatic heterocycles. The molecule has 0 fully saturated rings. The Morgan fingerprint density at radius 1 is 1.54 bits per heavy atom. The molecule has 13 heavy (non-hydrogen) atoms. The van der Waals surface area contributed by atoms with Crippen LogP contribution in [0.25, 0.3) is 0 Å². The predicted molar refractivity (Wildman–Crippen MR) is 46.1 cm³/mol. The lowest BCUT2D eigenvalue weighted by molar-refractivity contribution is -0.388. The van der Waals surface area contributed by atoms with E-state index in [0.29, 0.717) is 0 Å². The van der Waals surface area contributed by atoms with E-state index in [0.717, 1.165) is 0 Å². The molecular formula is C7H3BrFNO3. The number of nitro benzene ring substituents is 1. The van der Waals surface area contributed by atoms with Crippen molar-refractivity contribution in [3.63, 3.8) is 0 Å². The van der Waals surface area contributed by atoms with Crippen molar-refractivity contribution in [1.82, 2.24) is 0 Å². The molecule has 0 aliphatic heterocycles. The van der Waals surface area contributed by atoms with Gasteiger partial charge < -0.3 is 0 Å². The summed E-state index contributed by atoms with van der Waals surface area (Å²) >= 11 is 2.81. The minimum absolute atomic E-state index is 0.0144. The summed E-state index contributed by atoms with van der Waals surface area (Å²) in [4.78, 5) is 19.7. The monoisotopic (exact) mass is 247 g/mol. The van der Waals surface area contributed by atoms with Crippen molar-refractivity contribution in [2.75, 3.05) is 0 Å². The maximum Gasteiger partial charge on any atom is 0.319 e. The second-order valence-corrected chi connectivity index (χ2v) is 3.03. The summed E-state index contributed by atoms with van der Waals surface area (Å²) in [7, 11) is 0. The molecule has 0 unspecified atom stereocenters. The topological polar surface area (TPSA) is 60.2 Å². The van der Waals surface area contributed by atoms with Crippen LogP contribution in [-0.2, 0) is 0 Å². The lowest BCUT2D eigenvalue weighted by Crippen LogP contribution is -1.97. The number of aldehydes is 1. The van der Waals surface area contributed by atoms with Crippen LogP contribution in [0, 0.1) is 15.9 Å². The Morgan fingerprint density at radius 3 is 2.62 bits per heavy atom. The number of nitrogens with zero attached hydrogens (tertiary/aromatic N) is 1. The van der Waals surface area contributed by atoms with Gasteiger partial charge in [-0.05, 0) is 28.1 Å². The Hall–Kier alpha value is -1.30. The minimum Gasteiger partial charge on any atom is -0.298 e. The fraction of sp³-hybridized carbons (Fsp3) is 0. The lowest BCUT2D eigenvalue weighted by Gasteiger charge is -1.98. The summed E-state index contributed by atoms with van der Waals surface area (Å²) in [6.07, 6.45) is 0.231. The SMILES string of the molecule is O=Cc1ccc(Br)c([N+](=O)[O-])c1F. The van der Waals surface area contributed by atoms with E-state index in [1.54, 1.807) is 0 Å². The van der Waals surface area contributed by atoms with Gasteiger partial charge in [-0.1, -0.05) is 0 Å². The van der Waals surface area contributed by atoms with E-state index in [2.05, 4.69) is 15.9 Å². The zero-order chi connectivity index (χ0) is 10.0. The van der Waals surface area contributed by atoms with E-state index >= 15 is 0 Å². The maximum atomic E-state index is 13.1. The van der Waals surface area contributed by atoms with Crippen molar-refractivity contribution in [3.05, 3.63) is 38.1 Å². The average molecular weight is 248 g/mol. The Morgan fingerprint density at radius 2 is 2.15 bits per heavy atom. The zero-order valence-electron chi connectivity index (χ0n) is 6.16. The molecule has 0 saturated carbocycles. The van der Waals surface area contributed by atoms with E-state index in [-0.39, 0.29) is 16.3 Å². The minimum atomic E-state index is -1.12. The van der Waals surface area contributed by atoms with Crippen LogP contribution in [0.4, 0.5) is 10.1 Å². The highest BCUT2D eigenvalue weighted by Crippen LogP contribution is 2.29. The van der Waals surface area contributed by atoms with Gasteiger partial charge in [-0.2, -0.15) is 4.39 Å². The summed E-state index contributed by atoms with van der Waals surface area (Å²) in [6.45, 7) is 0. The second kappa shape index (κ2) is 3.61. The van der Waals surface area contributed by atoms with E-state index in [9.17, 15) is 19.3 Å². The molecule has 0 spiro atoms. The average Bonchev–Trinajstić information content (AvgIpc) is 2.04. The van der Waals surface area contributed by atoms with Gasteiger partial charge in [0.15, 0.2) is 6.29 Å². The summed E-state index contributed by atoms with van der Waals surface area (Å²) in [6, 6.07) is 2.42. The molecule has 68 valence electrons. The molecule has 0 amide bonds. The quantitative estimate of drug-likeness (QED) is 0.458. The van der Waals surface area contributed by atoms with Crippen LogP contribution in [0.5, 0.6) is 0 Å². The fourth-order valence-electron chi connectivity index (χ4n) is 0.815. The van der Waals surface area contributed by atoms with Gasteiger partial charge in [-0.25, -0.2) is 0 Å². The van der Waals surface area contributed by atoms with Crippen LogP contribution < -0.4 is 0 Å². The molecular weight excluding hydrogens is 245 g/mol. The normalized spacial score (nSPS) is 9.69. The van der Waals surface area contributed by atoms with E-state index in [1.807, 2.05) is 0 Å². The largest absolute Gasteiger partial charge is 0.319 e. The van der Waals surface area contributed by atoms with Crippen molar-refractivity contribution < 1.29 is 14.1 Å². The number of halogens is 2. The van der Waals surface area contributed by atoms with Crippen LogP contribution in [0.2, 0.25) is 0 Å². The Bertz CT molecular complexity index is 380. The molecule has 0 bridgehead atoms. The first kappa shape index (κ1) is 9.79. The molecule has 0 heterocycles. The fourth-order valence-corrected chi connectivity index (χ4v) is 1.27. The lowest BCUT2D eigenvalue weighted by atomic mass is 10.2. The first-order valence-electron chi connectivity index (χ1n) is 3.15. The first-order chi connectivity index (χ1) is 6.07. The molecule has 0 saturated heterocycles. The molecule has 1 rings (SSSR count). The van der Waals surface area contributed by atoms with Crippen LogP contribution in [-0.4, -0.2) is 11.2 Å². The van der Waals surface area contributed by atoms with E-state index in [4.69, 9.17) is 0 Å². The molecule has 6 heteroatoms. The van der Waals surface area contributed by atoms with Gasteiger partial charge in [0.05, 0.1) is 15.0 Å². The van der Waals surface area contributed by atoms with Gasteiger partial charge in [0.1, 0.15) is 0 Å². The number of nitro groups is 1. The van der Waals surface area contributed by atoms with Crippen molar-refractivity contribution in [1.29, 1.82) is 0 Å². The highest BCUT2D eigenvalue weighted by molar-refractivity contribution is 9.10. The predicted octanol–water partition coefficient (Wildman–Crippen LogP) is 2.31. The molecule has 1 aromatic carbocycles. The maximum absolute atomic E-state index is 13.1. The molecule has 1 aromatic rings. The number of carbonyl (C=O) groups is 1. The summed E-state index contributed by atoms with van der Waals surface area (Å²) in [5.74, 6) is -1.12. The van der Waals surface area contributed by atoms with E-state index < -0.39 is 16.4 Å². The number of hydrogen-bond donors (Lipinski definition) is 0. The van der Waals surface area contributed by atoms with Crippen LogP contribution in [0.3, 0.4) is 0 Å². The molecule has 0 radical (unpaired) electrons. The number of rotatable bonds is 2. The number of carbonyl (C=O) groups excluding carboxylic acids is 1. The first-order valence-corrected chi connectivity index (χ1v) is 3.94. The molecule has 0 N–H and O–H groups in total. The Balaban J connectivity index is 3.47. The highest BCUT2D eigenvalue weighted by atomic mass is 79.9. The third-order valence-corrected chi connectivity index (χ3v) is 2.05. The summed E-state index contributed by atoms with van der Waals surface area (Å²) in [5.41, 5.74) is -1.04. The Kier molecular flexibility index (Phi) is 2.72. The zero-order valence-corrected chi connectivity index (χ0v) is 7.75. The van der Waals surface area contributed by atoms with Gasteiger partial charge in [0.25, 0.3) is 0 Å². The van der Waals surface area contributed by atoms with Gasteiger partial charge in [-0.3, -0.25) is 14.9 Å². The molecule has 0 aliphatic carbocycles. The van der Waals surface area contributed by atoms with Gasteiger partial charge in [0.2, 0.25) is 5.82 Å². The van der Waals surface area contributed by atoms with Crippen molar-refractivity contribution >= 4 is 27.9 Å². The van der Waals surface area contributed by atoms with Gasteiger partial charge >= 0.3 is 5.69 Å². The standard InChI is InChI=1S/C7H3BrFNO3/c8-5-2-1-4(3-11)6(9)7(5)10(12)13/h1-3H. The van der Waals surface area contributed by atoms with Gasteiger partial charge in [0, 0.05) is 0 Å². The molecule has 4 nitrogen and oxygen atoms in total. The molecule has 0 aliphatic rings. The third kappa shape index (κ3) is 1.72. The number of hydrogen-bond acceptors (Lipinski definition) is 3.